The van der Waals surface area contributed by atoms with Crippen LogP contribution in [0.25, 0.3) is 0 Å². The highest BCUT2D eigenvalue weighted by atomic mass is 32.1. The fraction of sp³-hybridized carbons (Fsp3) is 0.556. The summed E-state index contributed by atoms with van der Waals surface area (Å²) in [6, 6.07) is 3.98. The Labute approximate surface area is 145 Å². The molecule has 1 amide bonds. The third kappa shape index (κ3) is 4.01. The van der Waals surface area contributed by atoms with Crippen LogP contribution in [0.5, 0.6) is 0 Å². The van der Waals surface area contributed by atoms with Crippen LogP contribution in [0.2, 0.25) is 0 Å². The van der Waals surface area contributed by atoms with E-state index < -0.39 is 0 Å². The number of carbonyl (C=O) groups excluding carboxylic acids is 1. The number of carbonyl (C=O) groups is 1. The Morgan fingerprint density at radius 2 is 2.13 bits per heavy atom. The zero-order valence-corrected chi connectivity index (χ0v) is 15.9. The predicted molar refractivity (Wildman–Crippen MR) is 97.1 cm³/mol. The highest BCUT2D eigenvalue weighted by Gasteiger charge is 2.27. The van der Waals surface area contributed by atoms with Crippen LogP contribution in [0, 0.1) is 12.8 Å². The maximum Gasteiger partial charge on any atom is 0.253 e. The Morgan fingerprint density at radius 3 is 2.70 bits per heavy atom. The van der Waals surface area contributed by atoms with Gasteiger partial charge in [0.2, 0.25) is 0 Å². The minimum absolute atomic E-state index is 0.0429. The number of thiophene rings is 1. The van der Waals surface area contributed by atoms with Gasteiger partial charge in [0.15, 0.2) is 4.80 Å². The van der Waals surface area contributed by atoms with Gasteiger partial charge < -0.3 is 4.57 Å². The van der Waals surface area contributed by atoms with E-state index >= 15 is 0 Å². The summed E-state index contributed by atoms with van der Waals surface area (Å²) in [6.45, 7) is 9.85. The summed E-state index contributed by atoms with van der Waals surface area (Å²) < 4.78 is 2.27. The summed E-state index contributed by atoms with van der Waals surface area (Å²) in [5, 5.41) is 2.00. The molecule has 0 aliphatic heterocycles. The molecule has 1 aliphatic carbocycles. The molecule has 2 heterocycles. The first-order valence-electron chi connectivity index (χ1n) is 8.15. The zero-order chi connectivity index (χ0) is 16.6. The average molecular weight is 349 g/mol. The Hall–Kier alpha value is -1.20. The van der Waals surface area contributed by atoms with Gasteiger partial charge in [-0.25, -0.2) is 0 Å². The van der Waals surface area contributed by atoms with Crippen LogP contribution in [0.15, 0.2) is 22.5 Å². The molecule has 0 spiro atoms. The second-order valence-electron chi connectivity index (χ2n) is 7.36. The summed E-state index contributed by atoms with van der Waals surface area (Å²) in [7, 11) is 0. The number of rotatable bonds is 4. The number of amides is 1. The lowest BCUT2D eigenvalue weighted by Gasteiger charge is -2.17. The molecule has 0 aromatic carbocycles. The summed E-state index contributed by atoms with van der Waals surface area (Å²) in [4.78, 5) is 20.1. The second-order valence-corrected chi connectivity index (χ2v) is 9.37. The Bertz CT molecular complexity index is 756. The van der Waals surface area contributed by atoms with E-state index in [1.54, 1.807) is 22.7 Å². The minimum atomic E-state index is -0.0429. The lowest BCUT2D eigenvalue weighted by Crippen LogP contribution is -2.20. The molecule has 1 aliphatic rings. The van der Waals surface area contributed by atoms with Crippen LogP contribution in [0.3, 0.4) is 0 Å². The van der Waals surface area contributed by atoms with Crippen molar-refractivity contribution in [1.82, 2.24) is 4.57 Å². The number of nitrogens with zero attached hydrogens (tertiary/aromatic N) is 2. The SMILES string of the molecule is Cc1c(C(C)(C)C)sc(=NC(=O)Cc2cccs2)n1CC1CC1. The highest BCUT2D eigenvalue weighted by molar-refractivity contribution is 7.10. The molecule has 3 nitrogen and oxygen atoms in total. The van der Waals surface area contributed by atoms with Gasteiger partial charge in [-0.1, -0.05) is 26.8 Å². The van der Waals surface area contributed by atoms with E-state index in [9.17, 15) is 4.79 Å². The van der Waals surface area contributed by atoms with E-state index in [1.165, 1.54) is 23.4 Å². The largest absolute Gasteiger partial charge is 0.320 e. The fourth-order valence-corrected chi connectivity index (χ4v) is 4.66. The van der Waals surface area contributed by atoms with Crippen molar-refractivity contribution < 1.29 is 4.79 Å². The predicted octanol–water partition coefficient (Wildman–Crippen LogP) is 4.30. The molecular weight excluding hydrogens is 324 g/mol. The van der Waals surface area contributed by atoms with Gasteiger partial charge in [-0.05, 0) is 42.5 Å². The molecule has 2 aromatic rings. The summed E-state index contributed by atoms with van der Waals surface area (Å²) >= 11 is 3.30. The standard InChI is InChI=1S/C18H24N2OS2/c1-12-16(18(2,3)4)23-17(20(12)11-13-7-8-13)19-15(21)10-14-6-5-9-22-14/h5-6,9,13H,7-8,10-11H2,1-4H3. The van der Waals surface area contributed by atoms with E-state index in [1.807, 2.05) is 17.5 Å². The van der Waals surface area contributed by atoms with Crippen LogP contribution >= 0.6 is 22.7 Å². The van der Waals surface area contributed by atoms with Crippen molar-refractivity contribution >= 4 is 28.6 Å². The van der Waals surface area contributed by atoms with Gasteiger partial charge in [-0.15, -0.1) is 22.7 Å². The van der Waals surface area contributed by atoms with Crippen molar-refractivity contribution in [3.63, 3.8) is 0 Å². The second kappa shape index (κ2) is 6.36. The molecular formula is C18H24N2OS2. The molecule has 5 heteroatoms. The van der Waals surface area contributed by atoms with E-state index in [0.717, 1.165) is 22.1 Å². The van der Waals surface area contributed by atoms with Gasteiger partial charge in [0.1, 0.15) is 0 Å². The molecule has 3 rings (SSSR count). The fourth-order valence-electron chi connectivity index (χ4n) is 2.75. The van der Waals surface area contributed by atoms with E-state index in [-0.39, 0.29) is 11.3 Å². The van der Waals surface area contributed by atoms with Crippen LogP contribution in [0.4, 0.5) is 0 Å². The number of hydrogen-bond donors (Lipinski definition) is 0. The first-order chi connectivity index (χ1) is 10.8. The molecule has 1 saturated carbocycles. The van der Waals surface area contributed by atoms with Crippen LogP contribution < -0.4 is 4.80 Å². The van der Waals surface area contributed by atoms with Crippen molar-refractivity contribution in [3.8, 4) is 0 Å². The Kier molecular flexibility index (Phi) is 4.61. The molecule has 0 atom stereocenters. The molecule has 0 N–H and O–H groups in total. The first kappa shape index (κ1) is 16.7. The Morgan fingerprint density at radius 1 is 1.39 bits per heavy atom. The Balaban J connectivity index is 1.95. The molecule has 0 saturated heterocycles. The van der Waals surface area contributed by atoms with Gasteiger partial charge in [-0.2, -0.15) is 4.99 Å². The minimum Gasteiger partial charge on any atom is -0.320 e. The summed E-state index contributed by atoms with van der Waals surface area (Å²) in [5.74, 6) is 0.723. The molecule has 0 bridgehead atoms. The van der Waals surface area contributed by atoms with Crippen LogP contribution in [-0.2, 0) is 23.2 Å². The molecule has 124 valence electrons. The molecule has 0 unspecified atom stereocenters. The molecule has 2 aromatic heterocycles. The normalized spacial score (nSPS) is 16.1. The number of thiazole rings is 1. The van der Waals surface area contributed by atoms with Crippen LogP contribution in [0.1, 0.15) is 49.1 Å². The van der Waals surface area contributed by atoms with Crippen molar-refractivity contribution in [3.05, 3.63) is 37.8 Å². The summed E-state index contributed by atoms with van der Waals surface area (Å²) in [6.07, 6.45) is 3.01. The molecule has 0 radical (unpaired) electrons. The maximum absolute atomic E-state index is 12.3. The third-order valence-corrected chi connectivity index (χ3v) is 6.59. The quantitative estimate of drug-likeness (QED) is 0.811. The first-order valence-corrected chi connectivity index (χ1v) is 9.85. The van der Waals surface area contributed by atoms with Gasteiger partial charge in [-0.3, -0.25) is 4.79 Å². The average Bonchev–Trinajstić information content (AvgIpc) is 3.03. The number of hydrogen-bond acceptors (Lipinski definition) is 3. The van der Waals surface area contributed by atoms with Gasteiger partial charge in [0, 0.05) is 22.0 Å². The van der Waals surface area contributed by atoms with Gasteiger partial charge >= 0.3 is 0 Å². The van der Waals surface area contributed by atoms with E-state index in [0.29, 0.717) is 6.42 Å². The monoisotopic (exact) mass is 348 g/mol. The maximum atomic E-state index is 12.3. The smallest absolute Gasteiger partial charge is 0.253 e. The van der Waals surface area contributed by atoms with Crippen LogP contribution in [-0.4, -0.2) is 10.5 Å². The zero-order valence-electron chi connectivity index (χ0n) is 14.3. The lowest BCUT2D eigenvalue weighted by molar-refractivity contribution is -0.117. The lowest BCUT2D eigenvalue weighted by atomic mass is 9.93. The van der Waals surface area contributed by atoms with Crippen molar-refractivity contribution in [2.24, 2.45) is 10.9 Å². The third-order valence-electron chi connectivity index (χ3n) is 4.10. The van der Waals surface area contributed by atoms with Crippen molar-refractivity contribution in [1.29, 1.82) is 0 Å². The van der Waals surface area contributed by atoms with Crippen molar-refractivity contribution in [2.75, 3.05) is 0 Å². The van der Waals surface area contributed by atoms with Gasteiger partial charge in [0.05, 0.1) is 6.42 Å². The highest BCUT2D eigenvalue weighted by Crippen LogP contribution is 2.33. The summed E-state index contributed by atoms with van der Waals surface area (Å²) in [5.41, 5.74) is 1.36. The van der Waals surface area contributed by atoms with Crippen molar-refractivity contribution in [2.45, 2.75) is 58.9 Å². The van der Waals surface area contributed by atoms with E-state index in [2.05, 4.69) is 37.3 Å². The topological polar surface area (TPSA) is 34.4 Å². The molecule has 1 fully saturated rings. The number of aromatic nitrogens is 1. The van der Waals surface area contributed by atoms with Gasteiger partial charge in [0.25, 0.3) is 5.91 Å². The van der Waals surface area contributed by atoms with E-state index in [4.69, 9.17) is 0 Å². The molecule has 23 heavy (non-hydrogen) atoms.